The Labute approximate surface area is 97.6 Å². The van der Waals surface area contributed by atoms with Crippen molar-refractivity contribution in [3.63, 3.8) is 0 Å². The molecule has 15 heavy (non-hydrogen) atoms. The lowest BCUT2D eigenvalue weighted by Gasteiger charge is -2.37. The van der Waals surface area contributed by atoms with Crippen LogP contribution in [0.5, 0.6) is 0 Å². The number of methoxy groups -OCH3 is 2. The van der Waals surface area contributed by atoms with Gasteiger partial charge >= 0.3 is 0 Å². The van der Waals surface area contributed by atoms with Crippen molar-refractivity contribution in [1.82, 2.24) is 0 Å². The van der Waals surface area contributed by atoms with Crippen LogP contribution in [0.1, 0.15) is 13.3 Å². The van der Waals surface area contributed by atoms with E-state index in [9.17, 15) is 0 Å². The second-order valence-electron chi connectivity index (χ2n) is 3.88. The first-order valence-corrected chi connectivity index (χ1v) is 6.37. The topological polar surface area (TPSA) is 27.7 Å². The minimum atomic E-state index is -0.414. The van der Waals surface area contributed by atoms with E-state index in [0.717, 1.165) is 6.42 Å². The summed E-state index contributed by atoms with van der Waals surface area (Å²) in [6.45, 7) is 2.63. The minimum Gasteiger partial charge on any atom is -0.382 e. The first-order chi connectivity index (χ1) is 7.10. The summed E-state index contributed by atoms with van der Waals surface area (Å²) in [5.41, 5.74) is -0.414. The Kier molecular flexibility index (Phi) is 4.96. The Hall–Kier alpha value is 0.295. The third-order valence-electron chi connectivity index (χ3n) is 3.06. The van der Waals surface area contributed by atoms with Gasteiger partial charge in [-0.25, -0.2) is 0 Å². The molecule has 4 atom stereocenters. The third kappa shape index (κ3) is 2.52. The number of hydrogen-bond acceptors (Lipinski definition) is 4. The second-order valence-corrected chi connectivity index (χ2v) is 5.06. The summed E-state index contributed by atoms with van der Waals surface area (Å²) >= 11 is 1.74. The summed E-state index contributed by atoms with van der Waals surface area (Å²) < 4.78 is 16.6. The molecular weight excluding hydrogens is 211 g/mol. The maximum Gasteiger partial charge on any atom is 0.128 e. The lowest BCUT2D eigenvalue weighted by atomic mass is 9.90. The zero-order valence-corrected chi connectivity index (χ0v) is 10.7. The van der Waals surface area contributed by atoms with Crippen LogP contribution in [-0.2, 0) is 14.2 Å². The summed E-state index contributed by atoms with van der Waals surface area (Å²) in [5, 5.41) is 0.288. The van der Waals surface area contributed by atoms with E-state index in [-0.39, 0.29) is 17.4 Å². The summed E-state index contributed by atoms with van der Waals surface area (Å²) in [6, 6.07) is -0.250. The molecule has 0 aromatic heterocycles. The molecule has 3 nitrogen and oxygen atoms in total. The molecule has 0 spiro atoms. The zero-order valence-electron chi connectivity index (χ0n) is 9.86. The molecule has 0 aromatic carbocycles. The van der Waals surface area contributed by atoms with E-state index < -0.39 is 5.60 Å². The van der Waals surface area contributed by atoms with Gasteiger partial charge in [0.25, 0.3) is 0 Å². The lowest BCUT2D eigenvalue weighted by Crippen LogP contribution is -2.52. The van der Waals surface area contributed by atoms with E-state index >= 15 is 0 Å². The van der Waals surface area contributed by atoms with E-state index in [1.165, 1.54) is 0 Å². The Morgan fingerprint density at radius 2 is 2.27 bits per heavy atom. The first kappa shape index (κ1) is 13.4. The standard InChI is InChI=1S/C10H19BO3S/c1-7(15-4)10(6-12-2)8(13-3)5-9(11)14-10/h7-9H,5-6H2,1-4H3/t7?,8-,9-,10+/m1/s1. The summed E-state index contributed by atoms with van der Waals surface area (Å²) in [6.07, 6.45) is 2.79. The van der Waals surface area contributed by atoms with Gasteiger partial charge in [-0.2, -0.15) is 11.8 Å². The SMILES string of the molecule is [B][C@H]1C[C@@H](OC)[C@](COC)(C(C)SC)O1. The summed E-state index contributed by atoms with van der Waals surface area (Å²) in [7, 11) is 9.21. The van der Waals surface area contributed by atoms with Gasteiger partial charge in [0.1, 0.15) is 13.4 Å². The Balaban J connectivity index is 2.87. The van der Waals surface area contributed by atoms with Gasteiger partial charge in [0.15, 0.2) is 0 Å². The average molecular weight is 230 g/mol. The van der Waals surface area contributed by atoms with Crippen LogP contribution in [-0.4, -0.2) is 57.9 Å². The Morgan fingerprint density at radius 3 is 2.73 bits per heavy atom. The summed E-state index contributed by atoms with van der Waals surface area (Å²) in [4.78, 5) is 0. The molecule has 1 unspecified atom stereocenters. The van der Waals surface area contributed by atoms with E-state index in [4.69, 9.17) is 22.1 Å². The smallest absolute Gasteiger partial charge is 0.128 e. The minimum absolute atomic E-state index is 0.00917. The quantitative estimate of drug-likeness (QED) is 0.660. The van der Waals surface area contributed by atoms with Crippen molar-refractivity contribution < 1.29 is 14.2 Å². The van der Waals surface area contributed by atoms with Gasteiger partial charge in [0.2, 0.25) is 0 Å². The maximum atomic E-state index is 5.85. The van der Waals surface area contributed by atoms with Crippen molar-refractivity contribution in [3.8, 4) is 0 Å². The van der Waals surface area contributed by atoms with Crippen molar-refractivity contribution in [2.24, 2.45) is 0 Å². The van der Waals surface area contributed by atoms with Crippen LogP contribution in [0.3, 0.4) is 0 Å². The van der Waals surface area contributed by atoms with Crippen molar-refractivity contribution in [3.05, 3.63) is 0 Å². The van der Waals surface area contributed by atoms with Gasteiger partial charge in [0, 0.05) is 25.5 Å². The highest BCUT2D eigenvalue weighted by Crippen LogP contribution is 2.39. The third-order valence-corrected chi connectivity index (χ3v) is 4.16. The molecule has 0 N–H and O–H groups in total. The van der Waals surface area contributed by atoms with Crippen molar-refractivity contribution in [2.75, 3.05) is 27.1 Å². The van der Waals surface area contributed by atoms with Crippen molar-refractivity contribution in [1.29, 1.82) is 0 Å². The van der Waals surface area contributed by atoms with Gasteiger partial charge < -0.3 is 14.2 Å². The van der Waals surface area contributed by atoms with Crippen LogP contribution in [0.2, 0.25) is 0 Å². The number of rotatable bonds is 5. The Morgan fingerprint density at radius 1 is 1.60 bits per heavy atom. The fourth-order valence-corrected chi connectivity index (χ4v) is 2.81. The molecule has 0 aromatic rings. The zero-order chi connectivity index (χ0) is 11.5. The highest BCUT2D eigenvalue weighted by Gasteiger charge is 2.51. The predicted octanol–water partition coefficient (Wildman–Crippen LogP) is 1.05. The molecule has 1 aliphatic rings. The fraction of sp³-hybridized carbons (Fsp3) is 1.00. The fourth-order valence-electron chi connectivity index (χ4n) is 2.14. The monoisotopic (exact) mass is 230 g/mol. The van der Waals surface area contributed by atoms with E-state index in [0.29, 0.717) is 6.61 Å². The van der Waals surface area contributed by atoms with Gasteiger partial charge in [-0.15, -0.1) is 0 Å². The molecule has 0 saturated carbocycles. The van der Waals surface area contributed by atoms with Gasteiger partial charge in [-0.1, -0.05) is 6.92 Å². The molecule has 2 radical (unpaired) electrons. The number of hydrogen-bond donors (Lipinski definition) is 0. The average Bonchev–Trinajstić information content (AvgIpc) is 2.55. The molecule has 86 valence electrons. The Bertz CT molecular complexity index is 205. The largest absolute Gasteiger partial charge is 0.382 e. The second kappa shape index (κ2) is 5.57. The van der Waals surface area contributed by atoms with Crippen LogP contribution in [0.15, 0.2) is 0 Å². The van der Waals surface area contributed by atoms with E-state index in [2.05, 4.69) is 13.2 Å². The molecule has 1 fully saturated rings. The van der Waals surface area contributed by atoms with Crippen LogP contribution >= 0.6 is 11.8 Å². The van der Waals surface area contributed by atoms with Crippen molar-refractivity contribution in [2.45, 2.75) is 36.3 Å². The molecule has 1 aliphatic heterocycles. The maximum absolute atomic E-state index is 5.85. The number of ether oxygens (including phenoxy) is 3. The molecular formula is C10H19BO3S. The highest BCUT2D eigenvalue weighted by molar-refractivity contribution is 7.99. The van der Waals surface area contributed by atoms with Gasteiger partial charge in [-0.05, 0) is 12.7 Å². The first-order valence-electron chi connectivity index (χ1n) is 5.08. The molecule has 1 rings (SSSR count). The normalized spacial score (nSPS) is 38.1. The highest BCUT2D eigenvalue weighted by atomic mass is 32.2. The lowest BCUT2D eigenvalue weighted by molar-refractivity contribution is -0.113. The molecule has 0 aliphatic carbocycles. The van der Waals surface area contributed by atoms with Crippen LogP contribution in [0.25, 0.3) is 0 Å². The molecule has 0 amide bonds. The molecule has 1 heterocycles. The van der Waals surface area contributed by atoms with E-state index in [1.807, 2.05) is 0 Å². The number of thioether (sulfide) groups is 1. The summed E-state index contributed by atoms with van der Waals surface area (Å²) in [5.74, 6) is 0. The predicted molar refractivity (Wildman–Crippen MR) is 63.6 cm³/mol. The van der Waals surface area contributed by atoms with Crippen LogP contribution in [0, 0.1) is 0 Å². The van der Waals surface area contributed by atoms with Crippen LogP contribution < -0.4 is 0 Å². The van der Waals surface area contributed by atoms with Gasteiger partial charge in [-0.3, -0.25) is 0 Å². The van der Waals surface area contributed by atoms with Crippen molar-refractivity contribution >= 4 is 19.6 Å². The molecule has 5 heteroatoms. The van der Waals surface area contributed by atoms with Gasteiger partial charge in [0.05, 0.1) is 12.7 Å². The van der Waals surface area contributed by atoms with E-state index in [1.54, 1.807) is 26.0 Å². The molecule has 1 saturated heterocycles. The van der Waals surface area contributed by atoms with Crippen LogP contribution in [0.4, 0.5) is 0 Å². The molecule has 0 bridgehead atoms.